The van der Waals surface area contributed by atoms with Crippen LogP contribution in [0.25, 0.3) is 0 Å². The van der Waals surface area contributed by atoms with Crippen molar-refractivity contribution in [2.75, 3.05) is 6.61 Å². The van der Waals surface area contributed by atoms with Crippen molar-refractivity contribution < 1.29 is 14.7 Å². The van der Waals surface area contributed by atoms with Crippen molar-refractivity contribution in [1.29, 1.82) is 0 Å². The summed E-state index contributed by atoms with van der Waals surface area (Å²) in [4.78, 5) is 14.5. The zero-order chi connectivity index (χ0) is 10.6. The first-order valence-corrected chi connectivity index (χ1v) is 4.24. The lowest BCUT2D eigenvalue weighted by atomic mass is 10.4. The Kier molecular flexibility index (Phi) is 3.28. The van der Waals surface area contributed by atoms with E-state index in [-0.39, 0.29) is 12.1 Å². The Hall–Kier alpha value is -1.78. The fraction of sp³-hybridized carbons (Fsp3) is 0.333. The maximum absolute atomic E-state index is 11.0. The van der Waals surface area contributed by atoms with Crippen molar-refractivity contribution in [3.63, 3.8) is 0 Å². The molecule has 1 aromatic heterocycles. The van der Waals surface area contributed by atoms with Gasteiger partial charge in [-0.2, -0.15) is 9.72 Å². The molecule has 0 aliphatic carbocycles. The summed E-state index contributed by atoms with van der Waals surface area (Å²) in [6.07, 6.45) is -0.707. The largest absolute Gasteiger partial charge is 0.448 e. The minimum atomic E-state index is -0.707. The normalized spacial score (nSPS) is 11.4. The van der Waals surface area contributed by atoms with E-state index in [9.17, 15) is 10.0 Å². The van der Waals surface area contributed by atoms with Crippen molar-refractivity contribution in [2.24, 2.45) is 4.99 Å². The van der Waals surface area contributed by atoms with Crippen LogP contribution in [-0.4, -0.2) is 22.6 Å². The number of pyridine rings is 1. The molecule has 0 aromatic carbocycles. The number of aryl methyl sites for hydroxylation is 1. The third-order valence-electron chi connectivity index (χ3n) is 1.61. The minimum Gasteiger partial charge on any atom is -0.448 e. The molecule has 1 heterocycles. The number of hydrogen-bond acceptors (Lipinski definition) is 3. The summed E-state index contributed by atoms with van der Waals surface area (Å²) in [7, 11) is 0. The lowest BCUT2D eigenvalue weighted by Gasteiger charge is -2.01. The number of amides is 1. The first kappa shape index (κ1) is 10.3. The Balaban J connectivity index is 3.06. The molecule has 0 aliphatic heterocycles. The first-order chi connectivity index (χ1) is 6.65. The molecule has 0 saturated carbocycles. The van der Waals surface area contributed by atoms with Gasteiger partial charge in [-0.25, -0.2) is 4.79 Å². The van der Waals surface area contributed by atoms with E-state index in [2.05, 4.69) is 9.73 Å². The van der Waals surface area contributed by atoms with E-state index in [4.69, 9.17) is 0 Å². The van der Waals surface area contributed by atoms with Crippen LogP contribution in [0.3, 0.4) is 0 Å². The molecule has 0 atom stereocenters. The van der Waals surface area contributed by atoms with Gasteiger partial charge < -0.3 is 9.94 Å². The van der Waals surface area contributed by atoms with Crippen LogP contribution in [0.5, 0.6) is 0 Å². The molecule has 1 amide bonds. The molecule has 0 aliphatic rings. The second kappa shape index (κ2) is 4.45. The Morgan fingerprint density at radius 1 is 1.64 bits per heavy atom. The summed E-state index contributed by atoms with van der Waals surface area (Å²) in [6, 6.07) is 4.91. The second-order valence-corrected chi connectivity index (χ2v) is 2.65. The lowest BCUT2D eigenvalue weighted by molar-refractivity contribution is 0.151. The standard InChI is InChI=1S/C9H12N2O3/c1-3-14-9(12)10-8-6-4-5-7(2)11(8)13/h4-6,13H,3H2,1-2H3. The third kappa shape index (κ3) is 2.35. The van der Waals surface area contributed by atoms with Gasteiger partial charge in [0.2, 0.25) is 0 Å². The fourth-order valence-corrected chi connectivity index (χ4v) is 0.929. The Labute approximate surface area is 81.2 Å². The SMILES string of the molecule is CCOC(=O)N=c1cccc(C)n1O. The molecule has 0 bridgehead atoms. The molecule has 5 nitrogen and oxygen atoms in total. The number of nitrogens with zero attached hydrogens (tertiary/aromatic N) is 2. The maximum Gasteiger partial charge on any atom is 0.435 e. The van der Waals surface area contributed by atoms with Gasteiger partial charge in [-0.15, -0.1) is 0 Å². The second-order valence-electron chi connectivity index (χ2n) is 2.65. The highest BCUT2D eigenvalue weighted by atomic mass is 16.5. The summed E-state index contributed by atoms with van der Waals surface area (Å²) in [5.41, 5.74) is 0.749. The Bertz CT molecular complexity index is 395. The van der Waals surface area contributed by atoms with Gasteiger partial charge in [0.25, 0.3) is 0 Å². The lowest BCUT2D eigenvalue weighted by Crippen LogP contribution is -2.22. The molecule has 1 aromatic rings. The quantitative estimate of drug-likeness (QED) is 0.684. The number of rotatable bonds is 1. The molecule has 0 fully saturated rings. The minimum absolute atomic E-state index is 0.156. The maximum atomic E-state index is 11.0. The molecule has 76 valence electrons. The van der Waals surface area contributed by atoms with Crippen LogP contribution in [0.1, 0.15) is 12.6 Å². The summed E-state index contributed by atoms with van der Waals surface area (Å²) in [6.45, 7) is 3.65. The summed E-state index contributed by atoms with van der Waals surface area (Å²) >= 11 is 0. The van der Waals surface area contributed by atoms with Crippen LogP contribution in [-0.2, 0) is 4.74 Å². The van der Waals surface area contributed by atoms with Gasteiger partial charge in [0.1, 0.15) is 0 Å². The molecule has 0 radical (unpaired) electrons. The molecule has 1 N–H and O–H groups in total. The molecule has 14 heavy (non-hydrogen) atoms. The number of carbonyl (C=O) groups is 1. The van der Waals surface area contributed by atoms with Crippen LogP contribution in [0.15, 0.2) is 23.2 Å². The van der Waals surface area contributed by atoms with E-state index in [0.29, 0.717) is 5.69 Å². The first-order valence-electron chi connectivity index (χ1n) is 4.24. The number of carbonyl (C=O) groups excluding carboxylic acids is 1. The van der Waals surface area contributed by atoms with Crippen LogP contribution in [0.2, 0.25) is 0 Å². The highest BCUT2D eigenvalue weighted by molar-refractivity contribution is 5.68. The summed E-state index contributed by atoms with van der Waals surface area (Å²) in [5.74, 6) is 0. The fourth-order valence-electron chi connectivity index (χ4n) is 0.929. The smallest absolute Gasteiger partial charge is 0.435 e. The van der Waals surface area contributed by atoms with Crippen LogP contribution < -0.4 is 5.49 Å². The molecule has 5 heteroatoms. The van der Waals surface area contributed by atoms with Crippen LogP contribution in [0.4, 0.5) is 4.79 Å². The zero-order valence-corrected chi connectivity index (χ0v) is 8.10. The van der Waals surface area contributed by atoms with Gasteiger partial charge >= 0.3 is 6.09 Å². The van der Waals surface area contributed by atoms with Crippen molar-refractivity contribution in [3.05, 3.63) is 29.4 Å². The molecular weight excluding hydrogens is 184 g/mol. The van der Waals surface area contributed by atoms with E-state index in [1.807, 2.05) is 0 Å². The van der Waals surface area contributed by atoms with E-state index in [1.54, 1.807) is 26.0 Å². The third-order valence-corrected chi connectivity index (χ3v) is 1.61. The van der Waals surface area contributed by atoms with Gasteiger partial charge in [-0.1, -0.05) is 6.07 Å². The van der Waals surface area contributed by atoms with Crippen molar-refractivity contribution >= 4 is 6.09 Å². The van der Waals surface area contributed by atoms with Gasteiger partial charge in [-0.3, -0.25) is 0 Å². The molecule has 0 unspecified atom stereocenters. The Morgan fingerprint density at radius 2 is 2.36 bits per heavy atom. The predicted octanol–water partition coefficient (Wildman–Crippen LogP) is 1.09. The predicted molar refractivity (Wildman–Crippen MR) is 48.9 cm³/mol. The van der Waals surface area contributed by atoms with Gasteiger partial charge in [-0.05, 0) is 26.0 Å². The van der Waals surface area contributed by atoms with Crippen LogP contribution >= 0.6 is 0 Å². The molecular formula is C9H12N2O3. The van der Waals surface area contributed by atoms with E-state index >= 15 is 0 Å². The molecule has 1 rings (SSSR count). The van der Waals surface area contributed by atoms with Crippen LogP contribution in [0, 0.1) is 6.92 Å². The topological polar surface area (TPSA) is 63.8 Å². The average molecular weight is 196 g/mol. The zero-order valence-electron chi connectivity index (χ0n) is 8.10. The average Bonchev–Trinajstić information content (AvgIpc) is 2.13. The van der Waals surface area contributed by atoms with Gasteiger partial charge in [0.15, 0.2) is 5.49 Å². The summed E-state index contributed by atoms with van der Waals surface area (Å²) in [5, 5.41) is 9.43. The van der Waals surface area contributed by atoms with Gasteiger partial charge in [0, 0.05) is 0 Å². The van der Waals surface area contributed by atoms with Gasteiger partial charge in [0.05, 0.1) is 12.3 Å². The molecule has 0 saturated heterocycles. The number of hydrogen-bond donors (Lipinski definition) is 1. The van der Waals surface area contributed by atoms with E-state index in [0.717, 1.165) is 4.73 Å². The van der Waals surface area contributed by atoms with Crippen molar-refractivity contribution in [2.45, 2.75) is 13.8 Å². The Morgan fingerprint density at radius 3 is 3.00 bits per heavy atom. The van der Waals surface area contributed by atoms with Crippen molar-refractivity contribution in [1.82, 2.24) is 4.73 Å². The van der Waals surface area contributed by atoms with E-state index in [1.165, 1.54) is 6.07 Å². The molecule has 0 spiro atoms. The van der Waals surface area contributed by atoms with E-state index < -0.39 is 6.09 Å². The number of ether oxygens (including phenoxy) is 1. The highest BCUT2D eigenvalue weighted by Gasteiger charge is 1.99. The van der Waals surface area contributed by atoms with Crippen molar-refractivity contribution in [3.8, 4) is 0 Å². The number of aromatic nitrogens is 1. The highest BCUT2D eigenvalue weighted by Crippen LogP contribution is 1.89. The summed E-state index contributed by atoms with van der Waals surface area (Å²) < 4.78 is 5.44. The monoisotopic (exact) mass is 196 g/mol.